The van der Waals surface area contributed by atoms with Crippen molar-refractivity contribution in [3.8, 4) is 0 Å². The first-order valence-corrected chi connectivity index (χ1v) is 12.1. The normalized spacial score (nSPS) is 12.9. The Labute approximate surface area is 214 Å². The number of carbonyl (C=O) groups is 4. The van der Waals surface area contributed by atoms with Gasteiger partial charge in [0, 0.05) is 0 Å². The van der Waals surface area contributed by atoms with Crippen LogP contribution in [-0.4, -0.2) is 52.7 Å². The Morgan fingerprint density at radius 3 is 1.69 bits per heavy atom. The second-order valence-corrected chi connectivity index (χ2v) is 9.73. The number of carboxylic acids is 2. The van der Waals surface area contributed by atoms with Gasteiger partial charge in [0.15, 0.2) is 0 Å². The van der Waals surface area contributed by atoms with E-state index in [1.165, 1.54) is 0 Å². The molecule has 1 amide bonds. The Bertz CT molecular complexity index is 755. The Kier molecular flexibility index (Phi) is 19.8. The van der Waals surface area contributed by atoms with Gasteiger partial charge in [-0.15, -0.1) is 0 Å². The maximum Gasteiger partial charge on any atom is 0.408 e. The highest BCUT2D eigenvalue weighted by Gasteiger charge is 2.21. The van der Waals surface area contributed by atoms with Crippen molar-refractivity contribution in [2.24, 2.45) is 29.2 Å². The lowest BCUT2D eigenvalue weighted by atomic mass is 10.0. The smallest absolute Gasteiger partial charge is 0.408 e. The van der Waals surface area contributed by atoms with Crippen LogP contribution in [0.3, 0.4) is 0 Å². The molecule has 10 heteroatoms. The van der Waals surface area contributed by atoms with Crippen LogP contribution >= 0.6 is 0 Å². The fraction of sp³-hybridized carbons (Fsp3) is 0.615. The molecule has 0 radical (unpaired) electrons. The van der Waals surface area contributed by atoms with Gasteiger partial charge in [-0.25, -0.2) is 9.59 Å². The van der Waals surface area contributed by atoms with Gasteiger partial charge in [-0.2, -0.15) is 0 Å². The summed E-state index contributed by atoms with van der Waals surface area (Å²) in [6.07, 6.45) is 1.80. The highest BCUT2D eigenvalue weighted by atomic mass is 16.5. The highest BCUT2D eigenvalue weighted by Crippen LogP contribution is 2.06. The molecule has 10 nitrogen and oxygen atoms in total. The molecule has 36 heavy (non-hydrogen) atoms. The Morgan fingerprint density at radius 2 is 1.36 bits per heavy atom. The van der Waals surface area contributed by atoms with E-state index < -0.39 is 30.1 Å². The number of amides is 1. The van der Waals surface area contributed by atoms with Crippen LogP contribution in [0.1, 0.15) is 66.4 Å². The molecule has 1 aromatic carbocycles. The Hall–Kier alpha value is -2.98. The lowest BCUT2D eigenvalue weighted by Crippen LogP contribution is -2.41. The molecule has 1 aromatic rings. The van der Waals surface area contributed by atoms with Crippen molar-refractivity contribution in [3.05, 3.63) is 35.9 Å². The zero-order chi connectivity index (χ0) is 28.3. The number of carbonyl (C=O) groups excluding carboxylic acids is 2. The van der Waals surface area contributed by atoms with Crippen molar-refractivity contribution in [2.45, 2.75) is 85.5 Å². The van der Waals surface area contributed by atoms with E-state index in [-0.39, 0.29) is 18.6 Å². The number of benzene rings is 1. The summed E-state index contributed by atoms with van der Waals surface area (Å²) >= 11 is 0. The summed E-state index contributed by atoms with van der Waals surface area (Å²) < 4.78 is 4.98. The maximum atomic E-state index is 11.5. The zero-order valence-corrected chi connectivity index (χ0v) is 22.3. The number of nitrogens with one attached hydrogen (secondary N) is 1. The number of hydrogen-bond donors (Lipinski definition) is 5. The third-order valence-electron chi connectivity index (χ3n) is 4.47. The molecule has 7 N–H and O–H groups in total. The van der Waals surface area contributed by atoms with Gasteiger partial charge in [-0.1, -0.05) is 71.9 Å². The predicted octanol–water partition coefficient (Wildman–Crippen LogP) is 3.42. The lowest BCUT2D eigenvalue weighted by Gasteiger charge is -2.16. The van der Waals surface area contributed by atoms with Crippen molar-refractivity contribution in [1.82, 2.24) is 5.32 Å². The quantitative estimate of drug-likeness (QED) is 0.262. The molecule has 0 aliphatic rings. The molecule has 0 fully saturated rings. The van der Waals surface area contributed by atoms with Gasteiger partial charge in [-0.05, 0) is 42.6 Å². The molecule has 0 unspecified atom stereocenters. The summed E-state index contributed by atoms with van der Waals surface area (Å²) in [7, 11) is 0. The van der Waals surface area contributed by atoms with E-state index >= 15 is 0 Å². The summed E-state index contributed by atoms with van der Waals surface area (Å²) in [6.45, 7) is 11.9. The first-order valence-electron chi connectivity index (χ1n) is 12.1. The van der Waals surface area contributed by atoms with Gasteiger partial charge in [0.05, 0.1) is 6.04 Å². The van der Waals surface area contributed by atoms with Crippen LogP contribution in [0.25, 0.3) is 0 Å². The maximum absolute atomic E-state index is 11.5. The fourth-order valence-electron chi connectivity index (χ4n) is 2.81. The predicted molar refractivity (Wildman–Crippen MR) is 139 cm³/mol. The van der Waals surface area contributed by atoms with Crippen LogP contribution in [0.2, 0.25) is 0 Å². The SMILES string of the molecule is CC(C)C[C@H](N)C(=O)O.CC(C)C[C@H](N)C=O.CC(C)C[C@H](NC(=O)OCc1ccccc1)C(=O)O. The van der Waals surface area contributed by atoms with Crippen LogP contribution in [0, 0.1) is 17.8 Å². The first kappa shape index (κ1) is 35.2. The minimum Gasteiger partial charge on any atom is -0.480 e. The zero-order valence-electron chi connectivity index (χ0n) is 22.3. The molecule has 0 aromatic heterocycles. The van der Waals surface area contributed by atoms with E-state index in [0.717, 1.165) is 18.3 Å². The largest absolute Gasteiger partial charge is 0.480 e. The second kappa shape index (κ2) is 20.2. The minimum absolute atomic E-state index is 0.126. The lowest BCUT2D eigenvalue weighted by molar-refractivity contribution is -0.140. The molecule has 0 saturated carbocycles. The molecular weight excluding hydrogens is 466 g/mol. The van der Waals surface area contributed by atoms with Gasteiger partial charge < -0.3 is 36.5 Å². The summed E-state index contributed by atoms with van der Waals surface area (Å²) in [5, 5.41) is 19.6. The molecule has 206 valence electrons. The number of aliphatic carboxylic acids is 2. The molecule has 1 rings (SSSR count). The van der Waals surface area contributed by atoms with Crippen molar-refractivity contribution >= 4 is 24.3 Å². The summed E-state index contributed by atoms with van der Waals surface area (Å²) in [6, 6.07) is 7.35. The van der Waals surface area contributed by atoms with E-state index in [1.54, 1.807) is 0 Å². The van der Waals surface area contributed by atoms with E-state index in [9.17, 15) is 19.2 Å². The molecule has 3 atom stereocenters. The third kappa shape index (κ3) is 21.5. The van der Waals surface area contributed by atoms with Gasteiger partial charge in [0.25, 0.3) is 0 Å². The third-order valence-corrected chi connectivity index (χ3v) is 4.47. The Morgan fingerprint density at radius 1 is 0.861 bits per heavy atom. The standard InChI is InChI=1S/C14H19NO4.C6H13NO2.C6H13NO/c1-10(2)8-12(13(16)17)15-14(18)19-9-11-6-4-3-5-7-11;1-4(2)3-5(7)6(8)9;1-5(2)3-6(7)4-8/h3-7,10,12H,8-9H2,1-2H3,(H,15,18)(H,16,17);4-5H,3,7H2,1-2H3,(H,8,9);4-6H,3,7H2,1-2H3/t12-;5-;6-/m000/s1. The van der Waals surface area contributed by atoms with Crippen LogP contribution in [0.15, 0.2) is 30.3 Å². The molecule has 0 bridgehead atoms. The van der Waals surface area contributed by atoms with Crippen molar-refractivity contribution in [3.63, 3.8) is 0 Å². The van der Waals surface area contributed by atoms with E-state index in [4.69, 9.17) is 26.4 Å². The number of alkyl carbamates (subject to hydrolysis) is 1. The highest BCUT2D eigenvalue weighted by molar-refractivity contribution is 5.79. The van der Waals surface area contributed by atoms with Gasteiger partial charge in [-0.3, -0.25) is 4.79 Å². The van der Waals surface area contributed by atoms with Crippen LogP contribution in [0.4, 0.5) is 4.79 Å². The summed E-state index contributed by atoms with van der Waals surface area (Å²) in [4.78, 5) is 42.5. The number of carboxylic acid groups (broad SMARTS) is 2. The van der Waals surface area contributed by atoms with Crippen molar-refractivity contribution in [1.29, 1.82) is 0 Å². The monoisotopic (exact) mass is 511 g/mol. The van der Waals surface area contributed by atoms with Gasteiger partial charge in [0.2, 0.25) is 0 Å². The van der Waals surface area contributed by atoms with E-state index in [1.807, 2.05) is 71.9 Å². The van der Waals surface area contributed by atoms with Crippen molar-refractivity contribution in [2.75, 3.05) is 0 Å². The second-order valence-electron chi connectivity index (χ2n) is 9.73. The topological polar surface area (TPSA) is 182 Å². The molecule has 0 aliphatic carbocycles. The van der Waals surface area contributed by atoms with Crippen molar-refractivity contribution < 1.29 is 34.1 Å². The number of hydrogen-bond acceptors (Lipinski definition) is 7. The average Bonchev–Trinajstić information content (AvgIpc) is 2.77. The molecule has 0 heterocycles. The van der Waals surface area contributed by atoms with Gasteiger partial charge in [0.1, 0.15) is 25.0 Å². The average molecular weight is 512 g/mol. The van der Waals surface area contributed by atoms with E-state index in [2.05, 4.69) is 5.32 Å². The van der Waals surface area contributed by atoms with Crippen LogP contribution in [0.5, 0.6) is 0 Å². The fourth-order valence-corrected chi connectivity index (χ4v) is 2.81. The Balaban J connectivity index is 0. The summed E-state index contributed by atoms with van der Waals surface area (Å²) in [5.74, 6) is -0.907. The summed E-state index contributed by atoms with van der Waals surface area (Å²) in [5.41, 5.74) is 11.4. The number of rotatable bonds is 12. The molecule has 0 aliphatic heterocycles. The number of aldehydes is 1. The van der Waals surface area contributed by atoms with E-state index in [0.29, 0.717) is 24.7 Å². The first-order chi connectivity index (χ1) is 16.7. The number of nitrogens with two attached hydrogens (primary N) is 2. The number of ether oxygens (including phenoxy) is 1. The van der Waals surface area contributed by atoms with Gasteiger partial charge >= 0.3 is 18.0 Å². The molecule has 0 spiro atoms. The van der Waals surface area contributed by atoms with Crippen LogP contribution < -0.4 is 16.8 Å². The molecule has 0 saturated heterocycles. The molecular formula is C26H45N3O7. The van der Waals surface area contributed by atoms with Crippen LogP contribution in [-0.2, 0) is 25.7 Å². The minimum atomic E-state index is -1.05.